The van der Waals surface area contributed by atoms with Gasteiger partial charge in [-0.1, -0.05) is 0 Å². The Morgan fingerprint density at radius 3 is 2.92 bits per heavy atom. The Morgan fingerprint density at radius 1 is 1.23 bits per heavy atom. The summed E-state index contributed by atoms with van der Waals surface area (Å²) in [5, 5.41) is 8.79. The lowest BCUT2D eigenvalue weighted by Gasteiger charge is -2.32. The van der Waals surface area contributed by atoms with Crippen LogP contribution in [0, 0.1) is 5.92 Å². The Bertz CT molecular complexity index is 699. The lowest BCUT2D eigenvalue weighted by atomic mass is 9.99. The monoisotopic (exact) mass is 357 g/mol. The smallest absolute Gasteiger partial charge is 0.171 e. The molecule has 4 heterocycles. The Kier molecular flexibility index (Phi) is 5.45. The first-order valence-electron chi connectivity index (χ1n) is 9.55. The van der Waals surface area contributed by atoms with Crippen molar-refractivity contribution in [2.75, 3.05) is 26.3 Å². The van der Waals surface area contributed by atoms with Gasteiger partial charge in [0, 0.05) is 51.5 Å². The van der Waals surface area contributed by atoms with E-state index < -0.39 is 0 Å². The highest BCUT2D eigenvalue weighted by Gasteiger charge is 2.26. The largest absolute Gasteiger partial charge is 0.484 e. The molecular formula is C19H27N5O2. The summed E-state index contributed by atoms with van der Waals surface area (Å²) in [6.07, 6.45) is 6.75. The highest BCUT2D eigenvalue weighted by molar-refractivity contribution is 5.15. The minimum absolute atomic E-state index is 0.424. The first-order valence-corrected chi connectivity index (χ1v) is 9.55. The fourth-order valence-corrected chi connectivity index (χ4v) is 3.84. The molecule has 1 saturated heterocycles. The lowest BCUT2D eigenvalue weighted by Crippen LogP contribution is -2.40. The minimum Gasteiger partial charge on any atom is -0.484 e. The lowest BCUT2D eigenvalue weighted by molar-refractivity contribution is 0.0468. The molecule has 2 aliphatic rings. The van der Waals surface area contributed by atoms with E-state index in [2.05, 4.69) is 31.6 Å². The molecule has 0 bridgehead atoms. The van der Waals surface area contributed by atoms with Crippen molar-refractivity contribution in [3.63, 3.8) is 0 Å². The summed E-state index contributed by atoms with van der Waals surface area (Å²) in [6.45, 7) is 7.65. The second-order valence-electron chi connectivity index (χ2n) is 7.27. The van der Waals surface area contributed by atoms with Gasteiger partial charge in [0.25, 0.3) is 0 Å². The van der Waals surface area contributed by atoms with E-state index >= 15 is 0 Å². The molecule has 26 heavy (non-hydrogen) atoms. The van der Waals surface area contributed by atoms with Crippen LogP contribution in [0.1, 0.15) is 31.4 Å². The molecule has 0 aromatic carbocycles. The van der Waals surface area contributed by atoms with Crippen molar-refractivity contribution in [1.82, 2.24) is 24.6 Å². The van der Waals surface area contributed by atoms with Crippen LogP contribution in [-0.4, -0.2) is 57.0 Å². The number of ether oxygens (including phenoxy) is 2. The van der Waals surface area contributed by atoms with E-state index in [0.29, 0.717) is 12.6 Å². The van der Waals surface area contributed by atoms with Gasteiger partial charge in [-0.05, 0) is 37.8 Å². The quantitative estimate of drug-likeness (QED) is 0.815. The molecular weight excluding hydrogens is 330 g/mol. The topological polar surface area (TPSA) is 65.3 Å². The molecule has 2 aromatic rings. The molecule has 0 N–H and O–H groups in total. The van der Waals surface area contributed by atoms with Crippen LogP contribution in [0.2, 0.25) is 0 Å². The van der Waals surface area contributed by atoms with Gasteiger partial charge in [-0.2, -0.15) is 0 Å². The van der Waals surface area contributed by atoms with E-state index in [1.807, 2.05) is 12.1 Å². The van der Waals surface area contributed by atoms with Crippen molar-refractivity contribution in [1.29, 1.82) is 0 Å². The maximum atomic E-state index is 5.82. The molecule has 2 aliphatic heterocycles. The highest BCUT2D eigenvalue weighted by Crippen LogP contribution is 2.21. The summed E-state index contributed by atoms with van der Waals surface area (Å²) in [6, 6.07) is 4.26. The standard InChI is InChI=1S/C19H27N5O2/c1-15-11-18-21-22-19(14-26-17-3-2-6-20-12-17)24(18)8-7-23(15)13-16-4-9-25-10-5-16/h2-3,6,12,15-16H,4-5,7-11,13-14H2,1H3/t15-/m0/s1. The summed E-state index contributed by atoms with van der Waals surface area (Å²) in [7, 11) is 0. The van der Waals surface area contributed by atoms with Gasteiger partial charge in [0.1, 0.15) is 18.2 Å². The average molecular weight is 357 g/mol. The predicted molar refractivity (Wildman–Crippen MR) is 96.9 cm³/mol. The highest BCUT2D eigenvalue weighted by atomic mass is 16.5. The Hall–Kier alpha value is -1.99. The van der Waals surface area contributed by atoms with Crippen LogP contribution >= 0.6 is 0 Å². The van der Waals surface area contributed by atoms with Crippen LogP contribution < -0.4 is 4.74 Å². The van der Waals surface area contributed by atoms with Crippen LogP contribution in [-0.2, 0) is 24.3 Å². The second kappa shape index (κ2) is 8.14. The molecule has 2 aromatic heterocycles. The molecule has 1 atom stereocenters. The first kappa shape index (κ1) is 17.4. The Balaban J connectivity index is 1.39. The Morgan fingerprint density at radius 2 is 2.12 bits per heavy atom. The predicted octanol–water partition coefficient (Wildman–Crippen LogP) is 1.93. The van der Waals surface area contributed by atoms with Gasteiger partial charge in [-0.3, -0.25) is 9.88 Å². The second-order valence-corrected chi connectivity index (χ2v) is 7.27. The fraction of sp³-hybridized carbons (Fsp3) is 0.632. The SMILES string of the molecule is C[C@H]1Cc2nnc(COc3cccnc3)n2CCN1CC1CCOCC1. The van der Waals surface area contributed by atoms with Crippen molar-refractivity contribution in [2.24, 2.45) is 5.92 Å². The number of pyridine rings is 1. The van der Waals surface area contributed by atoms with E-state index in [1.165, 1.54) is 12.8 Å². The first-order chi connectivity index (χ1) is 12.8. The van der Waals surface area contributed by atoms with Crippen LogP contribution in [0.4, 0.5) is 0 Å². The number of nitrogens with zero attached hydrogens (tertiary/aromatic N) is 5. The summed E-state index contributed by atoms with van der Waals surface area (Å²) >= 11 is 0. The van der Waals surface area contributed by atoms with Gasteiger partial charge >= 0.3 is 0 Å². The van der Waals surface area contributed by atoms with Gasteiger partial charge in [-0.15, -0.1) is 10.2 Å². The third-order valence-electron chi connectivity index (χ3n) is 5.45. The zero-order valence-corrected chi connectivity index (χ0v) is 15.4. The number of aromatic nitrogens is 4. The van der Waals surface area contributed by atoms with Gasteiger partial charge < -0.3 is 14.0 Å². The zero-order chi connectivity index (χ0) is 17.8. The molecule has 4 rings (SSSR count). The van der Waals surface area contributed by atoms with E-state index in [9.17, 15) is 0 Å². The molecule has 1 fully saturated rings. The molecule has 0 amide bonds. The summed E-state index contributed by atoms with van der Waals surface area (Å²) < 4.78 is 13.6. The number of hydrogen-bond acceptors (Lipinski definition) is 6. The molecule has 0 aliphatic carbocycles. The van der Waals surface area contributed by atoms with Crippen molar-refractivity contribution < 1.29 is 9.47 Å². The van der Waals surface area contributed by atoms with Gasteiger partial charge in [0.2, 0.25) is 0 Å². The van der Waals surface area contributed by atoms with Crippen LogP contribution in [0.25, 0.3) is 0 Å². The third-order valence-corrected chi connectivity index (χ3v) is 5.45. The summed E-state index contributed by atoms with van der Waals surface area (Å²) in [5.41, 5.74) is 0. The molecule has 0 spiro atoms. The van der Waals surface area contributed by atoms with Gasteiger partial charge in [0.15, 0.2) is 5.82 Å². The molecule has 0 unspecified atom stereocenters. The van der Waals surface area contributed by atoms with Crippen molar-refractivity contribution >= 4 is 0 Å². The Labute approximate surface area is 154 Å². The number of fused-ring (bicyclic) bond motifs is 1. The summed E-state index contributed by atoms with van der Waals surface area (Å²) in [4.78, 5) is 6.69. The molecule has 140 valence electrons. The maximum absolute atomic E-state index is 5.82. The fourth-order valence-electron chi connectivity index (χ4n) is 3.84. The summed E-state index contributed by atoms with van der Waals surface area (Å²) in [5.74, 6) is 3.47. The van der Waals surface area contributed by atoms with Crippen molar-refractivity contribution in [2.45, 2.75) is 45.4 Å². The minimum atomic E-state index is 0.424. The van der Waals surface area contributed by atoms with E-state index in [-0.39, 0.29) is 0 Å². The van der Waals surface area contributed by atoms with E-state index in [4.69, 9.17) is 9.47 Å². The molecule has 7 heteroatoms. The van der Waals surface area contributed by atoms with E-state index in [1.54, 1.807) is 12.4 Å². The number of rotatable bonds is 5. The van der Waals surface area contributed by atoms with Crippen LogP contribution in [0.15, 0.2) is 24.5 Å². The molecule has 0 saturated carbocycles. The van der Waals surface area contributed by atoms with E-state index in [0.717, 1.165) is 62.6 Å². The molecule has 7 nitrogen and oxygen atoms in total. The van der Waals surface area contributed by atoms with Crippen LogP contribution in [0.5, 0.6) is 5.75 Å². The van der Waals surface area contributed by atoms with Crippen LogP contribution in [0.3, 0.4) is 0 Å². The maximum Gasteiger partial charge on any atom is 0.171 e. The average Bonchev–Trinajstić information content (AvgIpc) is 2.99. The van der Waals surface area contributed by atoms with Gasteiger partial charge in [0.05, 0.1) is 6.20 Å². The zero-order valence-electron chi connectivity index (χ0n) is 15.4. The third kappa shape index (κ3) is 4.04. The van der Waals surface area contributed by atoms with Gasteiger partial charge in [-0.25, -0.2) is 0 Å². The van der Waals surface area contributed by atoms with Crippen molar-refractivity contribution in [3.8, 4) is 5.75 Å². The van der Waals surface area contributed by atoms with Crippen molar-refractivity contribution in [3.05, 3.63) is 36.2 Å². The normalized spacial score (nSPS) is 22.0. The molecule has 0 radical (unpaired) electrons. The number of hydrogen-bond donors (Lipinski definition) is 0.